The van der Waals surface area contributed by atoms with Gasteiger partial charge in [-0.05, 0) is 44.0 Å². The third-order valence-electron chi connectivity index (χ3n) is 6.18. The zero-order valence-corrected chi connectivity index (χ0v) is 19.6. The van der Waals surface area contributed by atoms with Crippen molar-refractivity contribution in [2.75, 3.05) is 30.3 Å². The lowest BCUT2D eigenvalue weighted by Crippen LogP contribution is -2.45. The Hall–Kier alpha value is -4.01. The van der Waals surface area contributed by atoms with Gasteiger partial charge in [-0.25, -0.2) is 0 Å². The number of aromatic nitrogens is 2. The summed E-state index contributed by atoms with van der Waals surface area (Å²) >= 11 is 0. The van der Waals surface area contributed by atoms with Crippen molar-refractivity contribution < 1.29 is 19.1 Å². The normalized spacial score (nSPS) is 19.2. The number of hydrogen-bond acceptors (Lipinski definition) is 6. The van der Waals surface area contributed by atoms with Gasteiger partial charge in [0.2, 0.25) is 5.91 Å². The molecule has 1 fully saturated rings. The first-order chi connectivity index (χ1) is 17.0. The number of hydrogen-bond donors (Lipinski definition) is 2. The molecule has 2 aliphatic heterocycles. The van der Waals surface area contributed by atoms with Crippen LogP contribution < -0.4 is 20.1 Å². The number of amides is 2. The maximum atomic E-state index is 12.9. The van der Waals surface area contributed by atoms with Crippen molar-refractivity contribution >= 4 is 23.2 Å². The molecule has 3 aromatic rings. The van der Waals surface area contributed by atoms with E-state index in [1.54, 1.807) is 6.20 Å². The summed E-state index contributed by atoms with van der Waals surface area (Å²) in [5.41, 5.74) is 2.57. The topological polar surface area (TPSA) is 97.7 Å². The van der Waals surface area contributed by atoms with Gasteiger partial charge in [0, 0.05) is 12.7 Å². The number of nitrogens with one attached hydrogen (secondary N) is 2. The Kier molecular flexibility index (Phi) is 6.56. The number of ether oxygens (including phenoxy) is 2. The highest BCUT2D eigenvalue weighted by Crippen LogP contribution is 2.28. The molecule has 5 rings (SSSR count). The first-order valence-electron chi connectivity index (χ1n) is 11.9. The van der Waals surface area contributed by atoms with Crippen LogP contribution in [0.4, 0.5) is 11.4 Å². The van der Waals surface area contributed by atoms with Crippen molar-refractivity contribution in [3.05, 3.63) is 66.5 Å². The largest absolute Gasteiger partial charge is 0.489 e. The van der Waals surface area contributed by atoms with Gasteiger partial charge in [-0.1, -0.05) is 29.8 Å². The van der Waals surface area contributed by atoms with Crippen molar-refractivity contribution in [1.82, 2.24) is 14.7 Å². The second-order valence-corrected chi connectivity index (χ2v) is 8.93. The summed E-state index contributed by atoms with van der Waals surface area (Å²) in [5.74, 6) is 1.17. The van der Waals surface area contributed by atoms with E-state index in [0.717, 1.165) is 24.3 Å². The van der Waals surface area contributed by atoms with Crippen LogP contribution in [0.5, 0.6) is 11.5 Å². The standard InChI is InChI=1S/C26H29N5O4/c1-18-8-10-20(11-9-18)34-21-5-4-12-30(16-21)25(32)17-31-15-19(13-28-31)29-26(33)24-14-27-22-6-2-3-7-23(22)35-24/h2-3,6-11,13,15,21,24,27H,4-5,12,14,16-17H2,1H3,(H,29,33)/t21-,24+/m0/s1. The summed E-state index contributed by atoms with van der Waals surface area (Å²) in [7, 11) is 0. The Labute approximate surface area is 204 Å². The zero-order chi connectivity index (χ0) is 24.2. The van der Waals surface area contributed by atoms with Crippen LogP contribution in [0.15, 0.2) is 60.9 Å². The molecule has 182 valence electrons. The van der Waals surface area contributed by atoms with Crippen LogP contribution in [-0.4, -0.2) is 58.3 Å². The number of likely N-dealkylation sites (tertiary alicyclic amines) is 1. The maximum absolute atomic E-state index is 12.9. The van der Waals surface area contributed by atoms with Crippen molar-refractivity contribution in [3.63, 3.8) is 0 Å². The van der Waals surface area contributed by atoms with Gasteiger partial charge in [0.05, 0.1) is 30.7 Å². The van der Waals surface area contributed by atoms with E-state index in [2.05, 4.69) is 15.7 Å². The molecule has 0 saturated carbocycles. The number of fused-ring (bicyclic) bond motifs is 1. The van der Waals surface area contributed by atoms with Gasteiger partial charge in [-0.3, -0.25) is 14.3 Å². The van der Waals surface area contributed by atoms with Crippen LogP contribution in [0, 0.1) is 6.92 Å². The smallest absolute Gasteiger partial charge is 0.267 e. The number of nitrogens with zero attached hydrogens (tertiary/aromatic N) is 3. The summed E-state index contributed by atoms with van der Waals surface area (Å²) in [6.45, 7) is 3.76. The van der Waals surface area contributed by atoms with Crippen LogP contribution in [0.25, 0.3) is 0 Å². The van der Waals surface area contributed by atoms with Gasteiger partial charge in [-0.15, -0.1) is 0 Å². The number of piperidine rings is 1. The van der Waals surface area contributed by atoms with Gasteiger partial charge < -0.3 is 25.0 Å². The number of aryl methyl sites for hydroxylation is 1. The SMILES string of the molecule is Cc1ccc(O[C@H]2CCCN(C(=O)Cn3cc(NC(=O)[C@H]4CNc5ccccc5O4)cn3)C2)cc1. The van der Waals surface area contributed by atoms with E-state index in [4.69, 9.17) is 9.47 Å². The molecule has 2 atom stereocenters. The number of carbonyl (C=O) groups is 2. The molecule has 2 N–H and O–H groups in total. The molecular formula is C26H29N5O4. The molecule has 9 heteroatoms. The second-order valence-electron chi connectivity index (χ2n) is 8.93. The molecule has 9 nitrogen and oxygen atoms in total. The van der Waals surface area contributed by atoms with Crippen LogP contribution in [0.1, 0.15) is 18.4 Å². The Morgan fingerprint density at radius 2 is 2.03 bits per heavy atom. The first-order valence-corrected chi connectivity index (χ1v) is 11.9. The maximum Gasteiger partial charge on any atom is 0.267 e. The van der Waals surface area contributed by atoms with Crippen LogP contribution in [0.2, 0.25) is 0 Å². The lowest BCUT2D eigenvalue weighted by molar-refractivity contribution is -0.134. The van der Waals surface area contributed by atoms with E-state index < -0.39 is 6.10 Å². The quantitative estimate of drug-likeness (QED) is 0.569. The lowest BCUT2D eigenvalue weighted by Gasteiger charge is -2.33. The predicted molar refractivity (Wildman–Crippen MR) is 132 cm³/mol. The van der Waals surface area contributed by atoms with Gasteiger partial charge in [0.25, 0.3) is 5.91 Å². The molecule has 0 radical (unpaired) electrons. The number of benzene rings is 2. The second kappa shape index (κ2) is 10.1. The summed E-state index contributed by atoms with van der Waals surface area (Å²) in [4.78, 5) is 27.4. The molecule has 2 aromatic carbocycles. The minimum atomic E-state index is -0.659. The van der Waals surface area contributed by atoms with Crippen LogP contribution in [0.3, 0.4) is 0 Å². The molecule has 0 unspecified atom stereocenters. The Morgan fingerprint density at radius 3 is 2.89 bits per heavy atom. The van der Waals surface area contributed by atoms with Crippen molar-refractivity contribution in [2.24, 2.45) is 0 Å². The number of rotatable bonds is 6. The van der Waals surface area contributed by atoms with E-state index in [9.17, 15) is 9.59 Å². The zero-order valence-electron chi connectivity index (χ0n) is 19.6. The summed E-state index contributed by atoms with van der Waals surface area (Å²) < 4.78 is 13.4. The molecule has 3 heterocycles. The highest BCUT2D eigenvalue weighted by molar-refractivity contribution is 5.95. The molecule has 1 saturated heterocycles. The summed E-state index contributed by atoms with van der Waals surface area (Å²) in [6.07, 6.45) is 4.31. The minimum Gasteiger partial charge on any atom is -0.489 e. The van der Waals surface area contributed by atoms with E-state index >= 15 is 0 Å². The average molecular weight is 476 g/mol. The van der Waals surface area contributed by atoms with Crippen molar-refractivity contribution in [1.29, 1.82) is 0 Å². The molecule has 2 aliphatic rings. The highest BCUT2D eigenvalue weighted by atomic mass is 16.5. The fraction of sp³-hybridized carbons (Fsp3) is 0.346. The lowest BCUT2D eigenvalue weighted by atomic mass is 10.1. The van der Waals surface area contributed by atoms with E-state index in [0.29, 0.717) is 31.1 Å². The van der Waals surface area contributed by atoms with Crippen molar-refractivity contribution in [2.45, 2.75) is 38.5 Å². The third-order valence-corrected chi connectivity index (χ3v) is 6.18. The molecule has 0 bridgehead atoms. The fourth-order valence-electron chi connectivity index (χ4n) is 4.31. The molecule has 2 amide bonds. The van der Waals surface area contributed by atoms with Crippen LogP contribution in [-0.2, 0) is 16.1 Å². The Morgan fingerprint density at radius 1 is 1.20 bits per heavy atom. The molecule has 0 spiro atoms. The van der Waals surface area contributed by atoms with Gasteiger partial charge in [0.15, 0.2) is 6.10 Å². The Balaban J connectivity index is 1.12. The van der Waals surface area contributed by atoms with Crippen molar-refractivity contribution in [3.8, 4) is 11.5 Å². The number of anilines is 2. The monoisotopic (exact) mass is 475 g/mol. The number of para-hydroxylation sites is 2. The molecular weight excluding hydrogens is 446 g/mol. The average Bonchev–Trinajstić information content (AvgIpc) is 3.31. The fourth-order valence-corrected chi connectivity index (χ4v) is 4.31. The molecule has 0 aliphatic carbocycles. The molecule has 35 heavy (non-hydrogen) atoms. The van der Waals surface area contributed by atoms with E-state index in [1.165, 1.54) is 16.4 Å². The predicted octanol–water partition coefficient (Wildman–Crippen LogP) is 3.07. The third kappa shape index (κ3) is 5.56. The number of carbonyl (C=O) groups excluding carboxylic acids is 2. The minimum absolute atomic E-state index is 0.0281. The van der Waals surface area contributed by atoms with Gasteiger partial charge in [-0.2, -0.15) is 5.10 Å². The first kappa shape index (κ1) is 22.8. The summed E-state index contributed by atoms with van der Waals surface area (Å²) in [5, 5.41) is 10.3. The Bertz CT molecular complexity index is 1190. The summed E-state index contributed by atoms with van der Waals surface area (Å²) in [6, 6.07) is 15.5. The molecule has 1 aromatic heterocycles. The van der Waals surface area contributed by atoms with Gasteiger partial charge >= 0.3 is 0 Å². The van der Waals surface area contributed by atoms with E-state index in [1.807, 2.05) is 60.4 Å². The highest BCUT2D eigenvalue weighted by Gasteiger charge is 2.27. The van der Waals surface area contributed by atoms with Crippen LogP contribution >= 0.6 is 0 Å². The van der Waals surface area contributed by atoms with Gasteiger partial charge in [0.1, 0.15) is 24.1 Å². The van der Waals surface area contributed by atoms with E-state index in [-0.39, 0.29) is 24.5 Å².